The van der Waals surface area contributed by atoms with E-state index in [-0.39, 0.29) is 11.6 Å². The molecule has 1 heterocycles. The Morgan fingerprint density at radius 3 is 2.61 bits per heavy atom. The summed E-state index contributed by atoms with van der Waals surface area (Å²) in [4.78, 5) is 14.7. The highest BCUT2D eigenvalue weighted by Crippen LogP contribution is 2.34. The van der Waals surface area contributed by atoms with Crippen LogP contribution in [0.25, 0.3) is 0 Å². The summed E-state index contributed by atoms with van der Waals surface area (Å²) in [5.41, 5.74) is 0.545. The molecular formula is C18H18ClFN2O. The first-order chi connectivity index (χ1) is 11.0. The number of nitrogens with one attached hydrogen (secondary N) is 1. The second kappa shape index (κ2) is 6.30. The minimum Gasteiger partial charge on any atom is -0.322 e. The Morgan fingerprint density at radius 2 is 1.96 bits per heavy atom. The fraction of sp³-hybridized carbons (Fsp3) is 0.278. The van der Waals surface area contributed by atoms with E-state index in [1.807, 2.05) is 31.2 Å². The van der Waals surface area contributed by atoms with Gasteiger partial charge in [0.15, 0.2) is 0 Å². The molecule has 1 atom stereocenters. The van der Waals surface area contributed by atoms with Crippen LogP contribution in [0.15, 0.2) is 48.5 Å². The maximum Gasteiger partial charge on any atom is 0.244 e. The standard InChI is InChI=1S/C18H18ClFN2O/c1-18(17(23)21-16-9-5-4-8-15(16)20)10-11-22(18)12-13-6-2-3-7-14(13)19/h2-9H,10-12H2,1H3,(H,21,23). The Bertz CT molecular complexity index is 736. The molecule has 0 radical (unpaired) electrons. The summed E-state index contributed by atoms with van der Waals surface area (Å²) >= 11 is 6.20. The smallest absolute Gasteiger partial charge is 0.244 e. The van der Waals surface area contributed by atoms with Crippen LogP contribution in [0.3, 0.4) is 0 Å². The zero-order valence-electron chi connectivity index (χ0n) is 12.9. The molecule has 0 saturated carbocycles. The fourth-order valence-corrected chi connectivity index (χ4v) is 2.96. The van der Waals surface area contributed by atoms with Crippen molar-refractivity contribution in [3.8, 4) is 0 Å². The molecule has 120 valence electrons. The van der Waals surface area contributed by atoms with Crippen LogP contribution in [0.5, 0.6) is 0 Å². The van der Waals surface area contributed by atoms with E-state index < -0.39 is 11.4 Å². The van der Waals surface area contributed by atoms with Gasteiger partial charge in [0.1, 0.15) is 5.82 Å². The van der Waals surface area contributed by atoms with Crippen molar-refractivity contribution in [2.24, 2.45) is 0 Å². The zero-order chi connectivity index (χ0) is 16.4. The third-order valence-corrected chi connectivity index (χ3v) is 4.87. The number of hydrogen-bond donors (Lipinski definition) is 1. The molecule has 1 aliphatic rings. The number of halogens is 2. The Labute approximate surface area is 140 Å². The first-order valence-electron chi connectivity index (χ1n) is 7.55. The van der Waals surface area contributed by atoms with Crippen LogP contribution in [-0.2, 0) is 11.3 Å². The molecule has 2 aromatic rings. The molecule has 3 nitrogen and oxygen atoms in total. The van der Waals surface area contributed by atoms with E-state index in [1.165, 1.54) is 6.07 Å². The van der Waals surface area contributed by atoms with Crippen molar-refractivity contribution in [3.63, 3.8) is 0 Å². The number of amides is 1. The monoisotopic (exact) mass is 332 g/mol. The predicted octanol–water partition coefficient (Wildman–Crippen LogP) is 4.08. The van der Waals surface area contributed by atoms with E-state index in [1.54, 1.807) is 18.2 Å². The van der Waals surface area contributed by atoms with Crippen LogP contribution in [0.2, 0.25) is 5.02 Å². The Balaban J connectivity index is 1.72. The van der Waals surface area contributed by atoms with Crippen molar-refractivity contribution in [1.29, 1.82) is 0 Å². The van der Waals surface area contributed by atoms with Gasteiger partial charge in [-0.25, -0.2) is 4.39 Å². The van der Waals surface area contributed by atoms with E-state index in [4.69, 9.17) is 11.6 Å². The molecule has 2 aromatic carbocycles. The Morgan fingerprint density at radius 1 is 1.26 bits per heavy atom. The van der Waals surface area contributed by atoms with Gasteiger partial charge in [0.05, 0.1) is 11.2 Å². The number of anilines is 1. The number of benzene rings is 2. The SMILES string of the molecule is CC1(C(=O)Nc2ccccc2F)CCN1Cc1ccccc1Cl. The number of rotatable bonds is 4. The zero-order valence-corrected chi connectivity index (χ0v) is 13.6. The lowest BCUT2D eigenvalue weighted by Crippen LogP contribution is -2.63. The highest BCUT2D eigenvalue weighted by molar-refractivity contribution is 6.31. The van der Waals surface area contributed by atoms with E-state index in [2.05, 4.69) is 10.2 Å². The quantitative estimate of drug-likeness (QED) is 0.915. The molecule has 1 fully saturated rings. The van der Waals surface area contributed by atoms with Crippen LogP contribution < -0.4 is 5.32 Å². The second-order valence-electron chi connectivity index (χ2n) is 5.97. The molecule has 0 aliphatic carbocycles. The number of carbonyl (C=O) groups is 1. The van der Waals surface area contributed by atoms with Crippen LogP contribution >= 0.6 is 11.6 Å². The lowest BCUT2D eigenvalue weighted by Gasteiger charge is -2.49. The lowest BCUT2D eigenvalue weighted by molar-refractivity contribution is -0.136. The summed E-state index contributed by atoms with van der Waals surface area (Å²) in [5, 5.41) is 3.39. The van der Waals surface area contributed by atoms with Gasteiger partial charge in [-0.05, 0) is 37.1 Å². The number of hydrogen-bond acceptors (Lipinski definition) is 2. The van der Waals surface area contributed by atoms with Gasteiger partial charge in [-0.15, -0.1) is 0 Å². The average Bonchev–Trinajstić information content (AvgIpc) is 2.54. The normalized spacial score (nSPS) is 20.8. The third kappa shape index (κ3) is 3.09. The molecule has 0 aromatic heterocycles. The number of likely N-dealkylation sites (tertiary alicyclic amines) is 1. The molecule has 1 saturated heterocycles. The van der Waals surface area contributed by atoms with E-state index >= 15 is 0 Å². The van der Waals surface area contributed by atoms with Crippen molar-refractivity contribution in [2.75, 3.05) is 11.9 Å². The van der Waals surface area contributed by atoms with Crippen molar-refractivity contribution in [3.05, 3.63) is 64.9 Å². The van der Waals surface area contributed by atoms with Gasteiger partial charge in [0.2, 0.25) is 5.91 Å². The number of nitrogens with zero attached hydrogens (tertiary/aromatic N) is 1. The van der Waals surface area contributed by atoms with Gasteiger partial charge < -0.3 is 5.32 Å². The Hall–Kier alpha value is -1.91. The first-order valence-corrected chi connectivity index (χ1v) is 7.93. The maximum absolute atomic E-state index is 13.7. The lowest BCUT2D eigenvalue weighted by atomic mass is 9.85. The highest BCUT2D eigenvalue weighted by Gasteiger charge is 2.46. The minimum atomic E-state index is -0.651. The second-order valence-corrected chi connectivity index (χ2v) is 6.38. The molecular weight excluding hydrogens is 315 g/mol. The summed E-state index contributed by atoms with van der Waals surface area (Å²) < 4.78 is 13.7. The van der Waals surface area contributed by atoms with Crippen LogP contribution in [0.1, 0.15) is 18.9 Å². The summed E-state index contributed by atoms with van der Waals surface area (Å²) in [5.74, 6) is -0.623. The van der Waals surface area contributed by atoms with Gasteiger partial charge in [-0.2, -0.15) is 0 Å². The number of para-hydroxylation sites is 1. The topological polar surface area (TPSA) is 32.3 Å². The van der Waals surface area contributed by atoms with Gasteiger partial charge in [0, 0.05) is 18.1 Å². The summed E-state index contributed by atoms with van der Waals surface area (Å²) in [6.07, 6.45) is 0.734. The predicted molar refractivity (Wildman–Crippen MR) is 89.9 cm³/mol. The summed E-state index contributed by atoms with van der Waals surface area (Å²) in [6.45, 7) is 3.29. The van der Waals surface area contributed by atoms with Crippen LogP contribution in [0, 0.1) is 5.82 Å². The van der Waals surface area contributed by atoms with Gasteiger partial charge in [-0.1, -0.05) is 41.9 Å². The number of carbonyl (C=O) groups excluding carboxylic acids is 1. The summed E-state index contributed by atoms with van der Waals surface area (Å²) in [7, 11) is 0. The molecule has 5 heteroatoms. The van der Waals surface area contributed by atoms with E-state index in [9.17, 15) is 9.18 Å². The first kappa shape index (κ1) is 16.0. The maximum atomic E-state index is 13.7. The van der Waals surface area contributed by atoms with Crippen molar-refractivity contribution < 1.29 is 9.18 Å². The van der Waals surface area contributed by atoms with E-state index in [0.29, 0.717) is 11.6 Å². The molecule has 3 rings (SSSR count). The molecule has 1 unspecified atom stereocenters. The minimum absolute atomic E-state index is 0.194. The van der Waals surface area contributed by atoms with E-state index in [0.717, 1.165) is 18.5 Å². The van der Waals surface area contributed by atoms with Crippen LogP contribution in [0.4, 0.5) is 10.1 Å². The van der Waals surface area contributed by atoms with Crippen molar-refractivity contribution in [2.45, 2.75) is 25.4 Å². The molecule has 1 amide bonds. The third-order valence-electron chi connectivity index (χ3n) is 4.50. The Kier molecular flexibility index (Phi) is 4.37. The average molecular weight is 333 g/mol. The van der Waals surface area contributed by atoms with Crippen molar-refractivity contribution >= 4 is 23.2 Å². The molecule has 23 heavy (non-hydrogen) atoms. The highest BCUT2D eigenvalue weighted by atomic mass is 35.5. The molecule has 1 N–H and O–H groups in total. The molecule has 0 bridgehead atoms. The van der Waals surface area contributed by atoms with Crippen LogP contribution in [-0.4, -0.2) is 22.9 Å². The molecule has 0 spiro atoms. The van der Waals surface area contributed by atoms with Gasteiger partial charge in [-0.3, -0.25) is 9.69 Å². The fourth-order valence-electron chi connectivity index (χ4n) is 2.77. The molecule has 1 aliphatic heterocycles. The largest absolute Gasteiger partial charge is 0.322 e. The van der Waals surface area contributed by atoms with Gasteiger partial charge >= 0.3 is 0 Å². The van der Waals surface area contributed by atoms with Gasteiger partial charge in [0.25, 0.3) is 0 Å². The summed E-state index contributed by atoms with van der Waals surface area (Å²) in [6, 6.07) is 13.8. The van der Waals surface area contributed by atoms with Crippen molar-refractivity contribution in [1.82, 2.24) is 4.90 Å².